The molecule has 1 fully saturated rings. The molecule has 2 heterocycles. The lowest BCUT2D eigenvalue weighted by atomic mass is 10.1. The van der Waals surface area contributed by atoms with Crippen LogP contribution in [0.2, 0.25) is 0 Å². The van der Waals surface area contributed by atoms with Gasteiger partial charge in [0.15, 0.2) is 0 Å². The van der Waals surface area contributed by atoms with Crippen molar-refractivity contribution in [2.75, 3.05) is 6.61 Å². The number of cyclic esters (lactones) is 1. The molecular weight excluding hydrogens is 216 g/mol. The van der Waals surface area contributed by atoms with Gasteiger partial charge in [0.25, 0.3) is 0 Å². The molecule has 1 unspecified atom stereocenters. The summed E-state index contributed by atoms with van der Waals surface area (Å²) in [6.07, 6.45) is 10.3. The maximum absolute atomic E-state index is 11.5. The number of hydrogen-bond donors (Lipinski definition) is 0. The Bertz CT molecular complexity index is 373. The Hall–Kier alpha value is -1.32. The highest BCUT2D eigenvalue weighted by atomic mass is 16.5. The minimum Gasteiger partial charge on any atom is -0.464 e. The average Bonchev–Trinajstić information content (AvgIpc) is 2.93. The highest BCUT2D eigenvalue weighted by Gasteiger charge is 2.29. The van der Waals surface area contributed by atoms with E-state index < -0.39 is 0 Å². The molecule has 0 aliphatic carbocycles. The van der Waals surface area contributed by atoms with E-state index in [2.05, 4.69) is 11.9 Å². The van der Waals surface area contributed by atoms with Crippen molar-refractivity contribution in [3.63, 3.8) is 0 Å². The molecule has 1 aliphatic rings. The Labute approximate surface area is 102 Å². The second-order valence-corrected chi connectivity index (χ2v) is 4.57. The van der Waals surface area contributed by atoms with E-state index in [4.69, 9.17) is 4.74 Å². The minimum absolute atomic E-state index is 0.113. The predicted octanol–water partition coefficient (Wildman–Crippen LogP) is 2.49. The van der Waals surface area contributed by atoms with Crippen molar-refractivity contribution in [3.05, 3.63) is 18.2 Å². The van der Waals surface area contributed by atoms with E-state index >= 15 is 0 Å². The van der Waals surface area contributed by atoms with E-state index in [-0.39, 0.29) is 12.0 Å². The summed E-state index contributed by atoms with van der Waals surface area (Å²) in [5.74, 6) is -0.113. The molecule has 1 aliphatic heterocycles. The molecule has 0 bridgehead atoms. The van der Waals surface area contributed by atoms with Crippen LogP contribution in [0.5, 0.6) is 0 Å². The van der Waals surface area contributed by atoms with Crippen LogP contribution in [-0.4, -0.2) is 22.1 Å². The lowest BCUT2D eigenvalue weighted by Gasteiger charge is -2.11. The van der Waals surface area contributed by atoms with E-state index in [0.717, 1.165) is 18.5 Å². The van der Waals surface area contributed by atoms with Gasteiger partial charge in [0, 0.05) is 18.3 Å². The molecule has 1 saturated heterocycles. The second-order valence-electron chi connectivity index (χ2n) is 4.57. The van der Waals surface area contributed by atoms with E-state index in [1.54, 1.807) is 6.33 Å². The number of unbranched alkanes of at least 4 members (excludes halogenated alkanes) is 3. The second kappa shape index (κ2) is 5.84. The first-order chi connectivity index (χ1) is 8.33. The van der Waals surface area contributed by atoms with Gasteiger partial charge < -0.3 is 9.30 Å². The summed E-state index contributed by atoms with van der Waals surface area (Å²) >= 11 is 0. The van der Waals surface area contributed by atoms with Gasteiger partial charge in [-0.3, -0.25) is 0 Å². The molecule has 0 aromatic carbocycles. The fourth-order valence-corrected chi connectivity index (χ4v) is 2.28. The third-order valence-corrected chi connectivity index (χ3v) is 3.28. The van der Waals surface area contributed by atoms with Crippen LogP contribution in [0.4, 0.5) is 0 Å². The van der Waals surface area contributed by atoms with E-state index in [9.17, 15) is 4.79 Å². The molecular formula is C13H20N2O2. The summed E-state index contributed by atoms with van der Waals surface area (Å²) in [4.78, 5) is 15.7. The number of carbonyl (C=O) groups is 1. The number of nitrogens with zero attached hydrogens (tertiary/aromatic N) is 2. The molecule has 1 aromatic rings. The van der Waals surface area contributed by atoms with Gasteiger partial charge in [0.1, 0.15) is 6.04 Å². The van der Waals surface area contributed by atoms with Crippen LogP contribution in [0.15, 0.2) is 12.5 Å². The third-order valence-electron chi connectivity index (χ3n) is 3.28. The Morgan fingerprint density at radius 1 is 1.47 bits per heavy atom. The quantitative estimate of drug-likeness (QED) is 0.563. The van der Waals surface area contributed by atoms with E-state index in [1.165, 1.54) is 25.7 Å². The van der Waals surface area contributed by atoms with Gasteiger partial charge in [0.05, 0.1) is 12.9 Å². The molecule has 17 heavy (non-hydrogen) atoms. The first kappa shape index (κ1) is 12.1. The van der Waals surface area contributed by atoms with Crippen molar-refractivity contribution in [3.8, 4) is 0 Å². The highest BCUT2D eigenvalue weighted by molar-refractivity contribution is 5.76. The summed E-state index contributed by atoms with van der Waals surface area (Å²) in [5.41, 5.74) is 1.16. The molecule has 0 amide bonds. The Kier molecular flexibility index (Phi) is 4.18. The number of ether oxygens (including phenoxy) is 1. The summed E-state index contributed by atoms with van der Waals surface area (Å²) in [6.45, 7) is 2.75. The Balaban J connectivity index is 1.94. The van der Waals surface area contributed by atoms with Gasteiger partial charge in [-0.2, -0.15) is 0 Å². The number of esters is 1. The SMILES string of the molecule is CCCCCCc1cncn1C1CCOC1=O. The van der Waals surface area contributed by atoms with Gasteiger partial charge >= 0.3 is 5.97 Å². The maximum Gasteiger partial charge on any atom is 0.329 e. The van der Waals surface area contributed by atoms with Crippen molar-refractivity contribution in [1.29, 1.82) is 0 Å². The van der Waals surface area contributed by atoms with E-state index in [0.29, 0.717) is 6.61 Å². The zero-order chi connectivity index (χ0) is 12.1. The number of carbonyl (C=O) groups excluding carboxylic acids is 1. The number of hydrogen-bond acceptors (Lipinski definition) is 3. The first-order valence-corrected chi connectivity index (χ1v) is 6.50. The molecule has 0 saturated carbocycles. The highest BCUT2D eigenvalue weighted by Crippen LogP contribution is 2.22. The molecule has 94 valence electrons. The average molecular weight is 236 g/mol. The van der Waals surface area contributed by atoms with E-state index in [1.807, 2.05) is 10.8 Å². The summed E-state index contributed by atoms with van der Waals surface area (Å²) in [5, 5.41) is 0. The number of rotatable bonds is 6. The number of aryl methyl sites for hydroxylation is 1. The van der Waals surface area contributed by atoms with Gasteiger partial charge in [-0.05, 0) is 12.8 Å². The van der Waals surface area contributed by atoms with Crippen molar-refractivity contribution in [2.24, 2.45) is 0 Å². The van der Waals surface area contributed by atoms with Crippen LogP contribution in [-0.2, 0) is 16.0 Å². The number of aromatic nitrogens is 2. The molecule has 0 radical (unpaired) electrons. The molecule has 1 aromatic heterocycles. The zero-order valence-corrected chi connectivity index (χ0v) is 10.4. The van der Waals surface area contributed by atoms with Crippen molar-refractivity contribution < 1.29 is 9.53 Å². The predicted molar refractivity (Wildman–Crippen MR) is 64.7 cm³/mol. The monoisotopic (exact) mass is 236 g/mol. The Morgan fingerprint density at radius 3 is 3.06 bits per heavy atom. The number of imidazole rings is 1. The molecule has 4 nitrogen and oxygen atoms in total. The fourth-order valence-electron chi connectivity index (χ4n) is 2.28. The molecule has 2 rings (SSSR count). The molecule has 1 atom stereocenters. The summed E-state index contributed by atoms with van der Waals surface area (Å²) in [7, 11) is 0. The normalized spacial score (nSPS) is 19.6. The van der Waals surface area contributed by atoms with Crippen LogP contribution >= 0.6 is 0 Å². The fraction of sp³-hybridized carbons (Fsp3) is 0.692. The zero-order valence-electron chi connectivity index (χ0n) is 10.4. The van der Waals surface area contributed by atoms with Crippen LogP contribution in [0.3, 0.4) is 0 Å². The van der Waals surface area contributed by atoms with Gasteiger partial charge in [-0.25, -0.2) is 9.78 Å². The smallest absolute Gasteiger partial charge is 0.329 e. The van der Waals surface area contributed by atoms with Gasteiger partial charge in [-0.1, -0.05) is 26.2 Å². The standard InChI is InChI=1S/C13H20N2O2/c1-2-3-4-5-6-11-9-14-10-15(11)12-7-8-17-13(12)16/h9-10,12H,2-8H2,1H3. The lowest BCUT2D eigenvalue weighted by Crippen LogP contribution is -2.15. The maximum atomic E-state index is 11.5. The topological polar surface area (TPSA) is 44.1 Å². The van der Waals surface area contributed by atoms with Crippen molar-refractivity contribution in [1.82, 2.24) is 9.55 Å². The lowest BCUT2D eigenvalue weighted by molar-refractivity contribution is -0.140. The molecule has 0 N–H and O–H groups in total. The molecule has 4 heteroatoms. The Morgan fingerprint density at radius 2 is 2.35 bits per heavy atom. The van der Waals surface area contributed by atoms with Crippen LogP contribution < -0.4 is 0 Å². The van der Waals surface area contributed by atoms with Crippen LogP contribution in [0, 0.1) is 0 Å². The van der Waals surface area contributed by atoms with Crippen molar-refractivity contribution >= 4 is 5.97 Å². The largest absolute Gasteiger partial charge is 0.464 e. The van der Waals surface area contributed by atoms with Crippen LogP contribution in [0.25, 0.3) is 0 Å². The molecule has 0 spiro atoms. The van der Waals surface area contributed by atoms with Gasteiger partial charge in [-0.15, -0.1) is 0 Å². The third kappa shape index (κ3) is 2.87. The van der Waals surface area contributed by atoms with Crippen molar-refractivity contribution in [2.45, 2.75) is 51.5 Å². The van der Waals surface area contributed by atoms with Crippen LogP contribution in [0.1, 0.15) is 50.8 Å². The summed E-state index contributed by atoms with van der Waals surface area (Å²) in [6, 6.07) is -0.140. The van der Waals surface area contributed by atoms with Gasteiger partial charge in [0.2, 0.25) is 0 Å². The minimum atomic E-state index is -0.140. The summed E-state index contributed by atoms with van der Waals surface area (Å²) < 4.78 is 6.99. The first-order valence-electron chi connectivity index (χ1n) is 6.50.